The van der Waals surface area contributed by atoms with Gasteiger partial charge < -0.3 is 10.1 Å². The smallest absolute Gasteiger partial charge is 0.316 e. The molecular weight excluding hydrogens is 285 g/mol. The van der Waals surface area contributed by atoms with Crippen molar-refractivity contribution in [3.05, 3.63) is 59.9 Å². The molecule has 0 radical (unpaired) electrons. The van der Waals surface area contributed by atoms with E-state index in [1.54, 1.807) is 24.5 Å². The highest BCUT2D eigenvalue weighted by atomic mass is 19.1. The van der Waals surface area contributed by atoms with Gasteiger partial charge in [-0.25, -0.2) is 19.9 Å². The molecule has 2 rings (SSSR count). The Kier molecular flexibility index (Phi) is 5.53. The van der Waals surface area contributed by atoms with Gasteiger partial charge in [0.1, 0.15) is 18.1 Å². The third-order valence-electron chi connectivity index (χ3n) is 2.81. The van der Waals surface area contributed by atoms with Gasteiger partial charge in [0.05, 0.1) is 0 Å². The molecule has 1 aromatic heterocycles. The van der Waals surface area contributed by atoms with Crippen LogP contribution in [-0.2, 0) is 6.42 Å². The molecule has 1 heterocycles. The van der Waals surface area contributed by atoms with Crippen molar-refractivity contribution in [1.82, 2.24) is 9.97 Å². The maximum Gasteiger partial charge on any atom is 0.316 e. The van der Waals surface area contributed by atoms with Gasteiger partial charge in [0.2, 0.25) is 0 Å². The molecule has 0 atom stereocenters. The molecule has 1 aromatic carbocycles. The van der Waals surface area contributed by atoms with Crippen LogP contribution in [0.4, 0.5) is 10.1 Å². The van der Waals surface area contributed by atoms with E-state index >= 15 is 0 Å². The Morgan fingerprint density at radius 2 is 2.18 bits per heavy atom. The number of ether oxygens (including phenoxy) is 1. The Hall–Kier alpha value is -2.83. The van der Waals surface area contributed by atoms with Crippen molar-refractivity contribution >= 4 is 5.69 Å². The van der Waals surface area contributed by atoms with E-state index in [0.717, 1.165) is 12.0 Å². The van der Waals surface area contributed by atoms with Crippen LogP contribution in [0.5, 0.6) is 6.01 Å². The Morgan fingerprint density at radius 3 is 2.82 bits per heavy atom. The number of nitrogens with zero attached hydrogens (tertiary/aromatic N) is 3. The molecule has 6 nitrogen and oxygen atoms in total. The first-order valence-electron chi connectivity index (χ1n) is 6.73. The van der Waals surface area contributed by atoms with Crippen LogP contribution >= 0.6 is 0 Å². The molecular formula is C15H16FN5O. The summed E-state index contributed by atoms with van der Waals surface area (Å²) in [5, 5.41) is 6.20. The fourth-order valence-electron chi connectivity index (χ4n) is 1.59. The molecule has 0 spiro atoms. The zero-order valence-corrected chi connectivity index (χ0v) is 12.1. The average molecular weight is 301 g/mol. The van der Waals surface area contributed by atoms with Crippen molar-refractivity contribution in [2.45, 2.75) is 13.3 Å². The highest BCUT2D eigenvalue weighted by molar-refractivity contribution is 5.45. The van der Waals surface area contributed by atoms with Crippen LogP contribution in [-0.4, -0.2) is 16.6 Å². The molecule has 0 aliphatic carbocycles. The van der Waals surface area contributed by atoms with Gasteiger partial charge in [-0.1, -0.05) is 13.0 Å². The molecule has 0 aliphatic heterocycles. The third-order valence-corrected chi connectivity index (χ3v) is 2.81. The standard InChI is InChI=1S/C15H16FN5O/c1-2-11-7-19-15(20-8-11)22-10-14(21-17)9-18-13-5-3-4-12(16)6-13/h3-9,17-18H,2,10H2,1H3/b14-9-,21-17?. The molecule has 0 saturated carbocycles. The number of benzene rings is 1. The average Bonchev–Trinajstić information content (AvgIpc) is 2.55. The number of aromatic nitrogens is 2. The van der Waals surface area contributed by atoms with Crippen LogP contribution in [0.2, 0.25) is 0 Å². The quantitative estimate of drug-likeness (QED) is 0.766. The summed E-state index contributed by atoms with van der Waals surface area (Å²) in [5.74, 6) is -0.344. The van der Waals surface area contributed by atoms with Crippen LogP contribution in [0.15, 0.2) is 53.7 Å². The van der Waals surface area contributed by atoms with E-state index in [2.05, 4.69) is 20.4 Å². The summed E-state index contributed by atoms with van der Waals surface area (Å²) in [5.41, 5.74) is 9.02. The molecule has 0 fully saturated rings. The number of aryl methyl sites for hydroxylation is 1. The van der Waals surface area contributed by atoms with Crippen LogP contribution in [0, 0.1) is 11.3 Å². The predicted octanol–water partition coefficient (Wildman–Crippen LogP) is 3.54. The maximum absolute atomic E-state index is 13.0. The summed E-state index contributed by atoms with van der Waals surface area (Å²) < 4.78 is 18.4. The molecule has 0 saturated heterocycles. The maximum atomic E-state index is 13.0. The number of halogens is 1. The van der Waals surface area contributed by atoms with Gasteiger partial charge in [0.25, 0.3) is 0 Å². The lowest BCUT2D eigenvalue weighted by Gasteiger charge is -2.05. The van der Waals surface area contributed by atoms with E-state index in [9.17, 15) is 4.39 Å². The van der Waals surface area contributed by atoms with Gasteiger partial charge in [-0.15, -0.1) is 0 Å². The second kappa shape index (κ2) is 7.82. The van der Waals surface area contributed by atoms with Crippen molar-refractivity contribution in [1.29, 1.82) is 5.53 Å². The Morgan fingerprint density at radius 1 is 1.41 bits per heavy atom. The number of hydrogen-bond acceptors (Lipinski definition) is 6. The van der Waals surface area contributed by atoms with Gasteiger partial charge >= 0.3 is 6.01 Å². The minimum atomic E-state index is -0.344. The second-order valence-electron chi connectivity index (χ2n) is 4.42. The van der Waals surface area contributed by atoms with Crippen LogP contribution in [0.3, 0.4) is 0 Å². The van der Waals surface area contributed by atoms with Crippen LogP contribution in [0.25, 0.3) is 0 Å². The van der Waals surface area contributed by atoms with Gasteiger partial charge in [-0.2, -0.15) is 5.11 Å². The Balaban J connectivity index is 1.93. The summed E-state index contributed by atoms with van der Waals surface area (Å²) in [6.07, 6.45) is 5.70. The van der Waals surface area contributed by atoms with Crippen molar-refractivity contribution < 1.29 is 9.13 Å². The van der Waals surface area contributed by atoms with Gasteiger partial charge in [-0.3, -0.25) is 0 Å². The zero-order chi connectivity index (χ0) is 15.8. The highest BCUT2D eigenvalue weighted by Crippen LogP contribution is 2.11. The van der Waals surface area contributed by atoms with Crippen LogP contribution in [0.1, 0.15) is 12.5 Å². The van der Waals surface area contributed by atoms with Gasteiger partial charge in [-0.05, 0) is 30.2 Å². The van der Waals surface area contributed by atoms with Crippen molar-refractivity contribution in [3.8, 4) is 6.01 Å². The molecule has 2 N–H and O–H groups in total. The van der Waals surface area contributed by atoms with E-state index in [4.69, 9.17) is 10.3 Å². The molecule has 2 aromatic rings. The van der Waals surface area contributed by atoms with Gasteiger partial charge in [0.15, 0.2) is 0 Å². The van der Waals surface area contributed by atoms with E-state index in [-0.39, 0.29) is 18.4 Å². The monoisotopic (exact) mass is 301 g/mol. The minimum Gasteiger partial charge on any atom is -0.457 e. The lowest BCUT2D eigenvalue weighted by atomic mass is 10.3. The van der Waals surface area contributed by atoms with Crippen molar-refractivity contribution in [3.63, 3.8) is 0 Å². The number of nitrogens with one attached hydrogen (secondary N) is 2. The molecule has 22 heavy (non-hydrogen) atoms. The summed E-state index contributed by atoms with van der Waals surface area (Å²) in [6, 6.07) is 6.20. The molecule has 0 aliphatic rings. The van der Waals surface area contributed by atoms with Gasteiger partial charge in [0, 0.05) is 24.3 Å². The van der Waals surface area contributed by atoms with E-state index in [1.165, 1.54) is 18.3 Å². The SMILES string of the molecule is CCc1cnc(OC/C(=C/Nc2cccc(F)c2)N=N)nc1. The molecule has 114 valence electrons. The minimum absolute atomic E-state index is 0.0390. The Labute approximate surface area is 127 Å². The molecule has 0 amide bonds. The first-order valence-corrected chi connectivity index (χ1v) is 6.73. The third kappa shape index (κ3) is 4.62. The lowest BCUT2D eigenvalue weighted by molar-refractivity contribution is 0.320. The predicted molar refractivity (Wildman–Crippen MR) is 80.2 cm³/mol. The summed E-state index contributed by atoms with van der Waals surface area (Å²) in [6.45, 7) is 2.05. The first-order chi connectivity index (χ1) is 10.7. The molecule has 0 bridgehead atoms. The largest absolute Gasteiger partial charge is 0.457 e. The number of rotatable bonds is 7. The molecule has 7 heteroatoms. The van der Waals surface area contributed by atoms with Crippen molar-refractivity contribution in [2.75, 3.05) is 11.9 Å². The van der Waals surface area contributed by atoms with E-state index in [0.29, 0.717) is 11.4 Å². The number of anilines is 1. The highest BCUT2D eigenvalue weighted by Gasteiger charge is 2.01. The summed E-state index contributed by atoms with van der Waals surface area (Å²) >= 11 is 0. The second-order valence-corrected chi connectivity index (χ2v) is 4.42. The Bertz CT molecular complexity index is 657. The summed E-state index contributed by atoms with van der Waals surface area (Å²) in [4.78, 5) is 8.10. The summed E-state index contributed by atoms with van der Waals surface area (Å²) in [7, 11) is 0. The van der Waals surface area contributed by atoms with Crippen LogP contribution < -0.4 is 10.1 Å². The fourth-order valence-corrected chi connectivity index (χ4v) is 1.59. The fraction of sp³-hybridized carbons (Fsp3) is 0.200. The van der Waals surface area contributed by atoms with E-state index < -0.39 is 0 Å². The van der Waals surface area contributed by atoms with E-state index in [1.807, 2.05) is 6.92 Å². The van der Waals surface area contributed by atoms with Crippen molar-refractivity contribution in [2.24, 2.45) is 5.11 Å². The number of hydrogen-bond donors (Lipinski definition) is 2. The lowest BCUT2D eigenvalue weighted by Crippen LogP contribution is -2.04. The topological polar surface area (TPSA) is 83.2 Å². The normalized spacial score (nSPS) is 11.1. The first kappa shape index (κ1) is 15.6. The molecule has 0 unspecified atom stereocenters. The zero-order valence-electron chi connectivity index (χ0n) is 12.1.